The predicted molar refractivity (Wildman–Crippen MR) is 135 cm³/mol. The van der Waals surface area contributed by atoms with Crippen LogP contribution in [0.2, 0.25) is 0 Å². The minimum absolute atomic E-state index is 0.0180. The molecule has 2 unspecified atom stereocenters. The van der Waals surface area contributed by atoms with E-state index in [4.69, 9.17) is 9.16 Å². The number of hydrogen-bond donors (Lipinski definition) is 0. The largest absolute Gasteiger partial charge is 0.380 e. The van der Waals surface area contributed by atoms with Crippen molar-refractivity contribution >= 4 is 18.7 Å². The average molecular weight is 439 g/mol. The van der Waals surface area contributed by atoms with Crippen LogP contribution in [0, 0.1) is 52.4 Å². The zero-order valence-electron chi connectivity index (χ0n) is 21.8. The van der Waals surface area contributed by atoms with Crippen molar-refractivity contribution in [3.05, 3.63) is 57.6 Å². The molecule has 1 fully saturated rings. The standard InChI is InChI=1S/C28H42O2Si/c1-17-13-19(3)23(20(4)14-17)31(24-21(5)15-18(2)16-22(24)6)26(28(10,11)12)29-25(30-31)27(7,8)9/h13-16,25-26H,1-12H3. The molecule has 170 valence electrons. The first-order valence-electron chi connectivity index (χ1n) is 11.6. The van der Waals surface area contributed by atoms with Crippen LogP contribution in [0.5, 0.6) is 0 Å². The summed E-state index contributed by atoms with van der Waals surface area (Å²) >= 11 is 0. The third-order valence-corrected chi connectivity index (χ3v) is 11.9. The molecular formula is C28H42O2Si. The molecule has 1 aliphatic rings. The van der Waals surface area contributed by atoms with E-state index < -0.39 is 8.32 Å². The third-order valence-electron chi connectivity index (χ3n) is 6.51. The van der Waals surface area contributed by atoms with Gasteiger partial charge in [-0.1, -0.05) is 76.9 Å². The Morgan fingerprint density at radius 2 is 0.968 bits per heavy atom. The van der Waals surface area contributed by atoms with Gasteiger partial charge < -0.3 is 9.16 Å². The monoisotopic (exact) mass is 438 g/mol. The molecular weight excluding hydrogens is 396 g/mol. The van der Waals surface area contributed by atoms with E-state index in [0.29, 0.717) is 0 Å². The smallest absolute Gasteiger partial charge is 0.289 e. The molecule has 0 N–H and O–H groups in total. The van der Waals surface area contributed by atoms with Crippen LogP contribution in [-0.2, 0) is 9.16 Å². The third kappa shape index (κ3) is 4.17. The Labute approximate surface area is 191 Å². The Balaban J connectivity index is 2.49. The summed E-state index contributed by atoms with van der Waals surface area (Å²) in [5.74, 6) is 0. The highest BCUT2D eigenvalue weighted by molar-refractivity contribution is 7.00. The van der Waals surface area contributed by atoms with Gasteiger partial charge >= 0.3 is 0 Å². The highest BCUT2D eigenvalue weighted by atomic mass is 28.4. The summed E-state index contributed by atoms with van der Waals surface area (Å²) in [4.78, 5) is 0. The summed E-state index contributed by atoms with van der Waals surface area (Å²) < 4.78 is 14.3. The van der Waals surface area contributed by atoms with Gasteiger partial charge in [0.2, 0.25) is 0 Å². The lowest BCUT2D eigenvalue weighted by atomic mass is 9.95. The van der Waals surface area contributed by atoms with Crippen molar-refractivity contribution < 1.29 is 9.16 Å². The number of aryl methyl sites for hydroxylation is 6. The van der Waals surface area contributed by atoms with Gasteiger partial charge in [-0.2, -0.15) is 0 Å². The first kappa shape index (κ1) is 24.2. The molecule has 2 atom stereocenters. The molecule has 1 aliphatic heterocycles. The van der Waals surface area contributed by atoms with Gasteiger partial charge in [-0.15, -0.1) is 0 Å². The van der Waals surface area contributed by atoms with E-state index in [1.54, 1.807) is 0 Å². The normalized spacial score (nSPS) is 21.5. The Hall–Kier alpha value is -1.42. The lowest BCUT2D eigenvalue weighted by molar-refractivity contribution is -0.130. The van der Waals surface area contributed by atoms with E-state index >= 15 is 0 Å². The van der Waals surface area contributed by atoms with Crippen LogP contribution in [0.3, 0.4) is 0 Å². The molecule has 0 aliphatic carbocycles. The van der Waals surface area contributed by atoms with E-state index in [9.17, 15) is 0 Å². The first-order chi connectivity index (χ1) is 14.1. The van der Waals surface area contributed by atoms with Crippen LogP contribution in [0.15, 0.2) is 24.3 Å². The molecule has 3 rings (SSSR count). The molecule has 3 heteroatoms. The maximum absolute atomic E-state index is 7.34. The lowest BCUT2D eigenvalue weighted by Gasteiger charge is -2.41. The van der Waals surface area contributed by atoms with Gasteiger partial charge in [0.15, 0.2) is 6.29 Å². The SMILES string of the molecule is Cc1cc(C)c([Si]2(c3c(C)cc(C)cc3C)OC(C(C)(C)C)OC2C(C)(C)C)c(C)c1. The molecule has 1 heterocycles. The highest BCUT2D eigenvalue weighted by Crippen LogP contribution is 2.43. The summed E-state index contributed by atoms with van der Waals surface area (Å²) in [7, 11) is -2.77. The fraction of sp³-hybridized carbons (Fsp3) is 0.571. The van der Waals surface area contributed by atoms with Gasteiger partial charge in [-0.05, 0) is 79.6 Å². The molecule has 0 radical (unpaired) electrons. The van der Waals surface area contributed by atoms with Crippen molar-refractivity contribution in [3.8, 4) is 0 Å². The van der Waals surface area contributed by atoms with Crippen molar-refractivity contribution in [2.24, 2.45) is 10.8 Å². The lowest BCUT2D eigenvalue weighted by Crippen LogP contribution is -2.71. The molecule has 0 amide bonds. The van der Waals surface area contributed by atoms with Gasteiger partial charge in [0, 0.05) is 5.41 Å². The van der Waals surface area contributed by atoms with Crippen LogP contribution in [0.4, 0.5) is 0 Å². The van der Waals surface area contributed by atoms with Crippen LogP contribution in [0.1, 0.15) is 74.9 Å². The van der Waals surface area contributed by atoms with E-state index in [0.717, 1.165) is 0 Å². The number of rotatable bonds is 2. The topological polar surface area (TPSA) is 18.5 Å². The Morgan fingerprint density at radius 1 is 0.613 bits per heavy atom. The van der Waals surface area contributed by atoms with Gasteiger partial charge in [0.25, 0.3) is 8.32 Å². The van der Waals surface area contributed by atoms with Crippen molar-refractivity contribution in [1.82, 2.24) is 0 Å². The first-order valence-corrected chi connectivity index (χ1v) is 13.6. The van der Waals surface area contributed by atoms with Crippen molar-refractivity contribution in [2.45, 2.75) is 95.1 Å². The molecule has 0 aromatic heterocycles. The Bertz CT molecular complexity index is 888. The maximum atomic E-state index is 7.34. The second kappa shape index (κ2) is 7.86. The summed E-state index contributed by atoms with van der Waals surface area (Å²) in [6.07, 6.45) is -0.233. The quantitative estimate of drug-likeness (QED) is 0.538. The molecule has 2 nitrogen and oxygen atoms in total. The minimum atomic E-state index is -2.77. The van der Waals surface area contributed by atoms with Crippen molar-refractivity contribution in [3.63, 3.8) is 0 Å². The predicted octanol–water partition coefficient (Wildman–Crippen LogP) is 5.97. The molecule has 0 saturated carbocycles. The maximum Gasteiger partial charge on any atom is 0.289 e. The summed E-state index contributed by atoms with van der Waals surface area (Å²) in [5.41, 5.74) is 7.79. The fourth-order valence-electron chi connectivity index (χ4n) is 5.71. The number of benzene rings is 2. The second-order valence-electron chi connectivity index (χ2n) is 12.0. The molecule has 2 aromatic carbocycles. The second-order valence-corrected chi connectivity index (χ2v) is 15.2. The van der Waals surface area contributed by atoms with Crippen LogP contribution < -0.4 is 10.4 Å². The van der Waals surface area contributed by atoms with E-state index in [-0.39, 0.29) is 22.8 Å². The number of hydrogen-bond acceptors (Lipinski definition) is 2. The van der Waals surface area contributed by atoms with E-state index in [1.165, 1.54) is 43.8 Å². The molecule has 0 spiro atoms. The molecule has 31 heavy (non-hydrogen) atoms. The van der Waals surface area contributed by atoms with Crippen molar-refractivity contribution in [2.75, 3.05) is 0 Å². The summed E-state index contributed by atoms with van der Waals surface area (Å²) in [5, 5.41) is 2.81. The molecule has 1 saturated heterocycles. The van der Waals surface area contributed by atoms with Gasteiger partial charge in [-0.25, -0.2) is 0 Å². The summed E-state index contributed by atoms with van der Waals surface area (Å²) in [6.45, 7) is 27.0. The molecule has 0 bridgehead atoms. The summed E-state index contributed by atoms with van der Waals surface area (Å²) in [6, 6.07) is 9.29. The Kier molecular flexibility index (Phi) is 6.14. The van der Waals surface area contributed by atoms with E-state index in [2.05, 4.69) is 107 Å². The average Bonchev–Trinajstić information content (AvgIpc) is 2.94. The van der Waals surface area contributed by atoms with Crippen LogP contribution >= 0.6 is 0 Å². The van der Waals surface area contributed by atoms with Gasteiger partial charge in [0.1, 0.15) is 0 Å². The highest BCUT2D eigenvalue weighted by Gasteiger charge is 2.62. The van der Waals surface area contributed by atoms with Crippen LogP contribution in [-0.4, -0.2) is 20.3 Å². The Morgan fingerprint density at radius 3 is 1.26 bits per heavy atom. The van der Waals surface area contributed by atoms with Crippen LogP contribution in [0.25, 0.3) is 0 Å². The van der Waals surface area contributed by atoms with Gasteiger partial charge in [0.05, 0.1) is 5.73 Å². The van der Waals surface area contributed by atoms with E-state index in [1.807, 2.05) is 0 Å². The zero-order valence-corrected chi connectivity index (χ0v) is 22.8. The van der Waals surface area contributed by atoms with Crippen molar-refractivity contribution in [1.29, 1.82) is 0 Å². The number of ether oxygens (including phenoxy) is 1. The minimum Gasteiger partial charge on any atom is -0.380 e. The van der Waals surface area contributed by atoms with Gasteiger partial charge in [-0.3, -0.25) is 0 Å². The fourth-order valence-corrected chi connectivity index (χ4v) is 11.8. The molecule has 2 aromatic rings. The zero-order chi connectivity index (χ0) is 23.5.